The molecule has 66 heavy (non-hydrogen) atoms. The van der Waals surface area contributed by atoms with Crippen LogP contribution >= 0.6 is 0 Å². The lowest BCUT2D eigenvalue weighted by molar-refractivity contribution is 1.56. The molecule has 0 heteroatoms. The van der Waals surface area contributed by atoms with Crippen LogP contribution in [0.1, 0.15) is 0 Å². The van der Waals surface area contributed by atoms with Gasteiger partial charge in [-0.05, 0) is 146 Å². The predicted octanol–water partition coefficient (Wildman–Crippen LogP) is 18.5. The highest BCUT2D eigenvalue weighted by atomic mass is 14.2. The van der Waals surface area contributed by atoms with Gasteiger partial charge in [-0.25, -0.2) is 0 Å². The fourth-order valence-corrected chi connectivity index (χ4v) is 9.90. The molecule has 0 saturated carbocycles. The van der Waals surface area contributed by atoms with Gasteiger partial charge in [-0.15, -0.1) is 0 Å². The van der Waals surface area contributed by atoms with E-state index in [9.17, 15) is 0 Å². The Kier molecular flexibility index (Phi) is 9.97. The van der Waals surface area contributed by atoms with Crippen molar-refractivity contribution in [1.29, 1.82) is 0 Å². The topological polar surface area (TPSA) is 0 Å². The van der Waals surface area contributed by atoms with Crippen LogP contribution in [0.3, 0.4) is 0 Å². The zero-order valence-electron chi connectivity index (χ0n) is 36.4. The molecule has 12 rings (SSSR count). The van der Waals surface area contributed by atoms with Crippen LogP contribution in [0.15, 0.2) is 267 Å². The Morgan fingerprint density at radius 1 is 0.136 bits per heavy atom. The molecule has 0 fully saturated rings. The van der Waals surface area contributed by atoms with Crippen LogP contribution in [0.2, 0.25) is 0 Å². The molecule has 0 nitrogen and oxygen atoms in total. The van der Waals surface area contributed by atoms with Crippen molar-refractivity contribution in [3.8, 4) is 89.0 Å². The molecule has 12 aromatic carbocycles. The van der Waals surface area contributed by atoms with Crippen molar-refractivity contribution >= 4 is 32.3 Å². The third-order valence-electron chi connectivity index (χ3n) is 13.3. The van der Waals surface area contributed by atoms with Crippen molar-refractivity contribution in [2.75, 3.05) is 0 Å². The molecule has 0 unspecified atom stereocenters. The van der Waals surface area contributed by atoms with E-state index in [-0.39, 0.29) is 0 Å². The van der Waals surface area contributed by atoms with Crippen LogP contribution in [0.5, 0.6) is 0 Å². The molecule has 0 aliphatic heterocycles. The smallest absolute Gasteiger partial charge is 0.00262 e. The summed E-state index contributed by atoms with van der Waals surface area (Å²) in [6, 6.07) is 97.6. The average molecular weight is 837 g/mol. The third kappa shape index (κ3) is 7.35. The molecule has 0 aliphatic carbocycles. The van der Waals surface area contributed by atoms with Gasteiger partial charge in [0.25, 0.3) is 0 Å². The van der Waals surface area contributed by atoms with Gasteiger partial charge in [0.1, 0.15) is 0 Å². The van der Waals surface area contributed by atoms with Gasteiger partial charge in [0, 0.05) is 0 Å². The van der Waals surface area contributed by atoms with Crippen molar-refractivity contribution in [3.05, 3.63) is 267 Å². The quantitative estimate of drug-likeness (QED) is 0.134. The van der Waals surface area contributed by atoms with Gasteiger partial charge in [0.2, 0.25) is 0 Å². The summed E-state index contributed by atoms with van der Waals surface area (Å²) < 4.78 is 0. The molecule has 0 N–H and O–H groups in total. The molecular formula is C66H44. The standard InChI is InChI=1S/C66H44/c1-2-13-45(14-3-1)47-27-29-48(30-28-47)49-31-33-50(34-32-49)51-35-37-52(38-36-51)54-17-10-18-55(41-54)56-19-11-20-57(42-56)58-21-12-22-59(44-58)65-61-23-6-8-25-63(61)66(64-26-9-7-24-62(64)65)60-40-39-46-15-4-5-16-53(46)43-60/h1-44H. The number of rotatable bonds is 8. The Balaban J connectivity index is 0.824. The molecule has 0 radical (unpaired) electrons. The highest BCUT2D eigenvalue weighted by Crippen LogP contribution is 2.45. The van der Waals surface area contributed by atoms with Crippen LogP contribution in [-0.2, 0) is 0 Å². The van der Waals surface area contributed by atoms with E-state index < -0.39 is 0 Å². The number of fused-ring (bicyclic) bond motifs is 3. The summed E-state index contributed by atoms with van der Waals surface area (Å²) in [7, 11) is 0. The van der Waals surface area contributed by atoms with Gasteiger partial charge >= 0.3 is 0 Å². The highest BCUT2D eigenvalue weighted by Gasteiger charge is 2.17. The predicted molar refractivity (Wildman–Crippen MR) is 282 cm³/mol. The molecule has 308 valence electrons. The molecule has 0 saturated heterocycles. The monoisotopic (exact) mass is 836 g/mol. The molecule has 12 aromatic rings. The second-order valence-corrected chi connectivity index (χ2v) is 17.2. The van der Waals surface area contributed by atoms with Crippen molar-refractivity contribution in [2.24, 2.45) is 0 Å². The minimum absolute atomic E-state index is 1.20. The first kappa shape index (κ1) is 39.0. The summed E-state index contributed by atoms with van der Waals surface area (Å²) in [5.41, 5.74) is 19.5. The van der Waals surface area contributed by atoms with Gasteiger partial charge in [0.05, 0.1) is 0 Å². The molecule has 0 atom stereocenters. The Hall–Kier alpha value is -8.58. The summed E-state index contributed by atoms with van der Waals surface area (Å²) in [6.45, 7) is 0. The summed E-state index contributed by atoms with van der Waals surface area (Å²) in [5, 5.41) is 7.55. The van der Waals surface area contributed by atoms with Gasteiger partial charge < -0.3 is 0 Å². The van der Waals surface area contributed by atoms with Crippen LogP contribution in [-0.4, -0.2) is 0 Å². The highest BCUT2D eigenvalue weighted by molar-refractivity contribution is 6.21. The second-order valence-electron chi connectivity index (χ2n) is 17.2. The fourth-order valence-electron chi connectivity index (χ4n) is 9.90. The first-order valence-corrected chi connectivity index (χ1v) is 22.8. The summed E-state index contributed by atoms with van der Waals surface area (Å²) in [4.78, 5) is 0. The molecule has 0 spiro atoms. The Morgan fingerprint density at radius 3 is 0.818 bits per heavy atom. The molecule has 0 aromatic heterocycles. The maximum absolute atomic E-state index is 2.37. The van der Waals surface area contributed by atoms with Crippen LogP contribution in [0.4, 0.5) is 0 Å². The Bertz CT molecular complexity index is 3650. The maximum atomic E-state index is 2.37. The van der Waals surface area contributed by atoms with E-state index in [1.165, 1.54) is 121 Å². The summed E-state index contributed by atoms with van der Waals surface area (Å²) >= 11 is 0. The second kappa shape index (κ2) is 16.8. The van der Waals surface area contributed by atoms with E-state index >= 15 is 0 Å². The first-order valence-electron chi connectivity index (χ1n) is 22.8. The zero-order valence-corrected chi connectivity index (χ0v) is 36.4. The van der Waals surface area contributed by atoms with Crippen molar-refractivity contribution in [3.63, 3.8) is 0 Å². The van der Waals surface area contributed by atoms with E-state index in [0.29, 0.717) is 0 Å². The zero-order chi connectivity index (χ0) is 43.8. The Labute approximate surface area is 386 Å². The van der Waals surface area contributed by atoms with E-state index in [2.05, 4.69) is 267 Å². The number of hydrogen-bond acceptors (Lipinski definition) is 0. The van der Waals surface area contributed by atoms with E-state index in [1.807, 2.05) is 0 Å². The number of hydrogen-bond donors (Lipinski definition) is 0. The van der Waals surface area contributed by atoms with Crippen LogP contribution in [0.25, 0.3) is 121 Å². The lowest BCUT2D eigenvalue weighted by atomic mass is 9.85. The first-order chi connectivity index (χ1) is 32.7. The lowest BCUT2D eigenvalue weighted by Crippen LogP contribution is -1.91. The minimum Gasteiger partial charge on any atom is -0.0622 e. The normalized spacial score (nSPS) is 11.3. The molecule has 0 bridgehead atoms. The van der Waals surface area contributed by atoms with Crippen molar-refractivity contribution < 1.29 is 0 Å². The van der Waals surface area contributed by atoms with Crippen LogP contribution in [0, 0.1) is 0 Å². The summed E-state index contributed by atoms with van der Waals surface area (Å²) in [5.74, 6) is 0. The van der Waals surface area contributed by atoms with Gasteiger partial charge in [-0.1, -0.05) is 243 Å². The SMILES string of the molecule is c1ccc(-c2ccc(-c3ccc(-c4ccc(-c5cccc(-c6cccc(-c7cccc(-c8c9ccccc9c(-c9ccc%10ccccc%10c9)c9ccccc89)c7)c6)c5)cc4)cc3)cc2)cc1. The van der Waals surface area contributed by atoms with Gasteiger partial charge in [0.15, 0.2) is 0 Å². The van der Waals surface area contributed by atoms with Crippen molar-refractivity contribution in [1.82, 2.24) is 0 Å². The number of benzene rings is 12. The minimum atomic E-state index is 1.20. The summed E-state index contributed by atoms with van der Waals surface area (Å²) in [6.07, 6.45) is 0. The third-order valence-corrected chi connectivity index (χ3v) is 13.3. The van der Waals surface area contributed by atoms with Crippen LogP contribution < -0.4 is 0 Å². The van der Waals surface area contributed by atoms with Gasteiger partial charge in [-0.3, -0.25) is 0 Å². The van der Waals surface area contributed by atoms with Crippen molar-refractivity contribution in [2.45, 2.75) is 0 Å². The largest absolute Gasteiger partial charge is 0.0622 e. The lowest BCUT2D eigenvalue weighted by Gasteiger charge is -2.18. The molecule has 0 heterocycles. The maximum Gasteiger partial charge on any atom is -0.00262 e. The fraction of sp³-hybridized carbons (Fsp3) is 0. The van der Waals surface area contributed by atoms with E-state index in [1.54, 1.807) is 0 Å². The average Bonchev–Trinajstić information content (AvgIpc) is 3.40. The Morgan fingerprint density at radius 2 is 0.394 bits per heavy atom. The van der Waals surface area contributed by atoms with E-state index in [4.69, 9.17) is 0 Å². The van der Waals surface area contributed by atoms with E-state index in [0.717, 1.165) is 0 Å². The molecule has 0 aliphatic rings. The molecule has 0 amide bonds. The van der Waals surface area contributed by atoms with Gasteiger partial charge in [-0.2, -0.15) is 0 Å². The molecular weight excluding hydrogens is 793 g/mol.